The van der Waals surface area contributed by atoms with Gasteiger partial charge in [-0.05, 0) is 39.9 Å². The smallest absolute Gasteiger partial charge is 0.0433 e. The molecule has 16 heavy (non-hydrogen) atoms. The summed E-state index contributed by atoms with van der Waals surface area (Å²) in [5.41, 5.74) is 0.301. The molecule has 0 aromatic rings. The lowest BCUT2D eigenvalue weighted by Gasteiger charge is -2.48. The molecule has 1 aliphatic rings. The number of nitrogens with one attached hydrogen (secondary N) is 1. The van der Waals surface area contributed by atoms with Gasteiger partial charge in [0.05, 0.1) is 0 Å². The average Bonchev–Trinajstić information content (AvgIpc) is 2.31. The van der Waals surface area contributed by atoms with E-state index in [0.717, 1.165) is 6.54 Å². The summed E-state index contributed by atoms with van der Waals surface area (Å²) in [6.45, 7) is 7.34. The van der Waals surface area contributed by atoms with Crippen molar-refractivity contribution in [3.05, 3.63) is 12.7 Å². The number of hydrogen-bond donors (Lipinski definition) is 1. The molecule has 0 heterocycles. The Morgan fingerprint density at radius 1 is 1.31 bits per heavy atom. The van der Waals surface area contributed by atoms with Gasteiger partial charge in [-0.1, -0.05) is 32.3 Å². The minimum absolute atomic E-state index is 0.301. The zero-order valence-electron chi connectivity index (χ0n) is 11.3. The second kappa shape index (κ2) is 6.41. The Kier molecular flexibility index (Phi) is 5.50. The van der Waals surface area contributed by atoms with Crippen LogP contribution in [0.2, 0.25) is 0 Å². The highest BCUT2D eigenvalue weighted by molar-refractivity contribution is 5.07. The van der Waals surface area contributed by atoms with E-state index in [-0.39, 0.29) is 0 Å². The first-order valence-electron chi connectivity index (χ1n) is 6.70. The molecule has 0 aliphatic heterocycles. The Labute approximate surface area is 101 Å². The second-order valence-corrected chi connectivity index (χ2v) is 5.23. The van der Waals surface area contributed by atoms with Crippen molar-refractivity contribution in [1.29, 1.82) is 0 Å². The highest BCUT2D eigenvalue weighted by atomic mass is 15.2. The average molecular weight is 224 g/mol. The molecule has 1 fully saturated rings. The minimum atomic E-state index is 0.301. The third-order valence-corrected chi connectivity index (χ3v) is 4.04. The predicted octanol–water partition coefficient (Wildman–Crippen LogP) is 2.81. The van der Waals surface area contributed by atoms with Gasteiger partial charge in [0.1, 0.15) is 0 Å². The van der Waals surface area contributed by atoms with Gasteiger partial charge in [-0.3, -0.25) is 0 Å². The molecule has 2 nitrogen and oxygen atoms in total. The molecular weight excluding hydrogens is 196 g/mol. The number of likely N-dealkylation sites (N-methyl/N-ethyl adjacent to an activating group) is 1. The molecule has 0 bridgehead atoms. The van der Waals surface area contributed by atoms with Crippen LogP contribution < -0.4 is 5.32 Å². The summed E-state index contributed by atoms with van der Waals surface area (Å²) >= 11 is 0. The largest absolute Gasteiger partial charge is 0.309 e. The summed E-state index contributed by atoms with van der Waals surface area (Å²) in [5.74, 6) is 0. The number of hydrogen-bond acceptors (Lipinski definition) is 2. The van der Waals surface area contributed by atoms with Crippen molar-refractivity contribution >= 4 is 0 Å². The molecule has 94 valence electrons. The van der Waals surface area contributed by atoms with Crippen molar-refractivity contribution in [1.82, 2.24) is 10.2 Å². The van der Waals surface area contributed by atoms with E-state index >= 15 is 0 Å². The van der Waals surface area contributed by atoms with Gasteiger partial charge in [0.2, 0.25) is 0 Å². The fourth-order valence-electron chi connectivity index (χ4n) is 2.99. The molecular formula is C14H28N2. The lowest BCUT2D eigenvalue weighted by atomic mass is 9.75. The molecule has 0 amide bonds. The normalized spacial score (nSPS) is 22.0. The lowest BCUT2D eigenvalue weighted by molar-refractivity contribution is 0.0738. The van der Waals surface area contributed by atoms with Gasteiger partial charge >= 0.3 is 0 Å². The van der Waals surface area contributed by atoms with Gasteiger partial charge in [0, 0.05) is 11.6 Å². The van der Waals surface area contributed by atoms with Crippen LogP contribution in [0, 0.1) is 0 Å². The third kappa shape index (κ3) is 2.86. The third-order valence-electron chi connectivity index (χ3n) is 4.04. The van der Waals surface area contributed by atoms with E-state index in [9.17, 15) is 0 Å². The molecule has 0 aromatic heterocycles. The van der Waals surface area contributed by atoms with Crippen LogP contribution in [0.15, 0.2) is 12.7 Å². The zero-order valence-corrected chi connectivity index (χ0v) is 11.3. The zero-order chi connectivity index (χ0) is 12.0. The topological polar surface area (TPSA) is 15.3 Å². The molecule has 1 saturated carbocycles. The van der Waals surface area contributed by atoms with Gasteiger partial charge in [-0.15, -0.1) is 6.58 Å². The summed E-state index contributed by atoms with van der Waals surface area (Å²) in [6.07, 6.45) is 10.0. The Hall–Kier alpha value is -0.340. The Bertz CT molecular complexity index is 205. The van der Waals surface area contributed by atoms with Gasteiger partial charge in [-0.2, -0.15) is 0 Å². The lowest BCUT2D eigenvalue weighted by Crippen LogP contribution is -2.59. The monoisotopic (exact) mass is 224 g/mol. The van der Waals surface area contributed by atoms with E-state index in [4.69, 9.17) is 0 Å². The Morgan fingerprint density at radius 2 is 1.94 bits per heavy atom. The Morgan fingerprint density at radius 3 is 2.38 bits per heavy atom. The summed E-state index contributed by atoms with van der Waals surface area (Å²) in [5, 5.41) is 3.65. The van der Waals surface area contributed by atoms with Crippen LogP contribution in [-0.2, 0) is 0 Å². The van der Waals surface area contributed by atoms with Gasteiger partial charge in [-0.25, -0.2) is 0 Å². The van der Waals surface area contributed by atoms with Crippen molar-refractivity contribution in [3.8, 4) is 0 Å². The molecule has 1 unspecified atom stereocenters. The van der Waals surface area contributed by atoms with E-state index < -0.39 is 0 Å². The molecule has 0 spiro atoms. The standard InChI is InChI=1S/C14H28N2/c1-5-12-15-13(6-2)14(16(3)4)10-8-7-9-11-14/h6,13,15H,2,5,7-12H2,1,3-4H3. The summed E-state index contributed by atoms with van der Waals surface area (Å²) in [6, 6.07) is 0.433. The first-order chi connectivity index (χ1) is 7.67. The maximum absolute atomic E-state index is 4.03. The van der Waals surface area contributed by atoms with Crippen molar-refractivity contribution < 1.29 is 0 Å². The van der Waals surface area contributed by atoms with Crippen LogP contribution in [0.5, 0.6) is 0 Å². The summed E-state index contributed by atoms with van der Waals surface area (Å²) in [4.78, 5) is 2.42. The highest BCUT2D eigenvalue weighted by Crippen LogP contribution is 2.35. The van der Waals surface area contributed by atoms with Gasteiger partial charge in [0.15, 0.2) is 0 Å². The minimum Gasteiger partial charge on any atom is -0.309 e. The van der Waals surface area contributed by atoms with Crippen LogP contribution >= 0.6 is 0 Å². The molecule has 1 rings (SSSR count). The van der Waals surface area contributed by atoms with Crippen LogP contribution in [0.1, 0.15) is 45.4 Å². The van der Waals surface area contributed by atoms with Crippen molar-refractivity contribution in [2.45, 2.75) is 57.0 Å². The quantitative estimate of drug-likeness (QED) is 0.698. The first-order valence-corrected chi connectivity index (χ1v) is 6.70. The SMILES string of the molecule is C=CC(NCCC)C1(N(C)C)CCCCC1. The van der Waals surface area contributed by atoms with Crippen molar-refractivity contribution in [3.63, 3.8) is 0 Å². The van der Waals surface area contributed by atoms with Crippen molar-refractivity contribution in [2.24, 2.45) is 0 Å². The summed E-state index contributed by atoms with van der Waals surface area (Å²) < 4.78 is 0. The molecule has 1 N–H and O–H groups in total. The van der Waals surface area contributed by atoms with Gasteiger partial charge < -0.3 is 10.2 Å². The fourth-order valence-corrected chi connectivity index (χ4v) is 2.99. The molecule has 0 radical (unpaired) electrons. The van der Waals surface area contributed by atoms with E-state index in [1.54, 1.807) is 0 Å². The number of nitrogens with zero attached hydrogens (tertiary/aromatic N) is 1. The van der Waals surface area contributed by atoms with E-state index in [1.807, 2.05) is 0 Å². The van der Waals surface area contributed by atoms with Crippen molar-refractivity contribution in [2.75, 3.05) is 20.6 Å². The maximum Gasteiger partial charge on any atom is 0.0433 e. The van der Waals surface area contributed by atoms with E-state index in [2.05, 4.69) is 43.9 Å². The van der Waals surface area contributed by atoms with Crippen LogP contribution in [0.25, 0.3) is 0 Å². The maximum atomic E-state index is 4.03. The molecule has 1 aliphatic carbocycles. The summed E-state index contributed by atoms with van der Waals surface area (Å²) in [7, 11) is 4.44. The second-order valence-electron chi connectivity index (χ2n) is 5.23. The molecule has 0 saturated heterocycles. The fraction of sp³-hybridized carbons (Fsp3) is 0.857. The van der Waals surface area contributed by atoms with Crippen LogP contribution in [0.3, 0.4) is 0 Å². The van der Waals surface area contributed by atoms with Crippen LogP contribution in [0.4, 0.5) is 0 Å². The predicted molar refractivity (Wildman–Crippen MR) is 71.8 cm³/mol. The Balaban J connectivity index is 2.75. The van der Waals surface area contributed by atoms with Crippen LogP contribution in [-0.4, -0.2) is 37.1 Å². The first kappa shape index (κ1) is 13.7. The molecule has 2 heteroatoms. The molecule has 1 atom stereocenters. The van der Waals surface area contributed by atoms with E-state index in [0.29, 0.717) is 11.6 Å². The van der Waals surface area contributed by atoms with Gasteiger partial charge in [0.25, 0.3) is 0 Å². The molecule has 0 aromatic carbocycles. The van der Waals surface area contributed by atoms with E-state index in [1.165, 1.54) is 38.5 Å². The highest BCUT2D eigenvalue weighted by Gasteiger charge is 2.39. The number of rotatable bonds is 6.